The van der Waals surface area contributed by atoms with Crippen molar-refractivity contribution in [2.24, 2.45) is 5.92 Å². The molecule has 1 aliphatic carbocycles. The summed E-state index contributed by atoms with van der Waals surface area (Å²) in [5, 5.41) is 0. The maximum absolute atomic E-state index is 11.6. The van der Waals surface area contributed by atoms with Gasteiger partial charge in [0.2, 0.25) is 0 Å². The molecule has 2 aliphatic rings. The van der Waals surface area contributed by atoms with Gasteiger partial charge in [-0.2, -0.15) is 0 Å². The Hall–Kier alpha value is -0.620. The lowest BCUT2D eigenvalue weighted by atomic mass is 9.89. The summed E-state index contributed by atoms with van der Waals surface area (Å²) in [5.41, 5.74) is 0. The molecule has 19 heavy (non-hydrogen) atoms. The van der Waals surface area contributed by atoms with Crippen LogP contribution in [0.4, 0.5) is 0 Å². The van der Waals surface area contributed by atoms with Crippen LogP contribution in [-0.2, 0) is 24.1 Å². The van der Waals surface area contributed by atoms with Crippen LogP contribution in [0.2, 0.25) is 0 Å². The van der Waals surface area contributed by atoms with E-state index in [0.717, 1.165) is 19.3 Å². The lowest BCUT2D eigenvalue weighted by Crippen LogP contribution is -2.27. The second kappa shape index (κ2) is 6.22. The van der Waals surface area contributed by atoms with Crippen molar-refractivity contribution in [2.75, 3.05) is 18.1 Å². The van der Waals surface area contributed by atoms with E-state index in [1.54, 1.807) is 0 Å². The minimum Gasteiger partial charge on any atom is -0.460 e. The summed E-state index contributed by atoms with van der Waals surface area (Å²) in [6, 6.07) is 0. The second-order valence-corrected chi connectivity index (χ2v) is 7.95. The molecule has 0 unspecified atom stereocenters. The Morgan fingerprint density at radius 2 is 2.00 bits per heavy atom. The molecule has 1 aliphatic heterocycles. The summed E-state index contributed by atoms with van der Waals surface area (Å²) >= 11 is 0. The van der Waals surface area contributed by atoms with Crippen molar-refractivity contribution >= 4 is 15.8 Å². The van der Waals surface area contributed by atoms with Crippen LogP contribution >= 0.6 is 0 Å². The standard InChI is InChI=1S/C13H22O5S/c1-10-3-2-4-11(7-10)17-8-13(14)18-12-5-6-19(15,16)9-12/h10-12H,2-9H2,1H3/t10-,11-,12-/m1/s1. The van der Waals surface area contributed by atoms with Crippen molar-refractivity contribution in [1.82, 2.24) is 0 Å². The number of carbonyl (C=O) groups is 1. The Morgan fingerprint density at radius 1 is 1.21 bits per heavy atom. The molecule has 0 aromatic rings. The number of esters is 1. The predicted molar refractivity (Wildman–Crippen MR) is 70.5 cm³/mol. The molecule has 0 aromatic heterocycles. The molecule has 0 N–H and O–H groups in total. The molecule has 1 saturated heterocycles. The molecule has 110 valence electrons. The lowest BCUT2D eigenvalue weighted by molar-refractivity contribution is -0.156. The highest BCUT2D eigenvalue weighted by atomic mass is 32.2. The molecule has 0 bridgehead atoms. The van der Waals surface area contributed by atoms with Crippen molar-refractivity contribution < 1.29 is 22.7 Å². The second-order valence-electron chi connectivity index (χ2n) is 5.72. The first-order chi connectivity index (χ1) is 8.94. The van der Waals surface area contributed by atoms with Crippen LogP contribution in [0.25, 0.3) is 0 Å². The van der Waals surface area contributed by atoms with Gasteiger partial charge >= 0.3 is 5.97 Å². The van der Waals surface area contributed by atoms with E-state index in [0.29, 0.717) is 12.3 Å². The van der Waals surface area contributed by atoms with Gasteiger partial charge in [-0.25, -0.2) is 13.2 Å². The molecule has 0 spiro atoms. The zero-order valence-corrected chi connectivity index (χ0v) is 12.2. The predicted octanol–water partition coefficient (Wildman–Crippen LogP) is 1.31. The molecule has 2 rings (SSSR count). The maximum Gasteiger partial charge on any atom is 0.332 e. The first-order valence-electron chi connectivity index (χ1n) is 6.96. The Bertz CT molecular complexity index is 417. The highest BCUT2D eigenvalue weighted by Gasteiger charge is 2.31. The number of carbonyl (C=O) groups excluding carboxylic acids is 1. The Morgan fingerprint density at radius 3 is 2.63 bits per heavy atom. The van der Waals surface area contributed by atoms with Crippen LogP contribution in [-0.4, -0.2) is 44.7 Å². The zero-order chi connectivity index (χ0) is 13.9. The van der Waals surface area contributed by atoms with E-state index in [-0.39, 0.29) is 24.2 Å². The zero-order valence-electron chi connectivity index (χ0n) is 11.3. The van der Waals surface area contributed by atoms with Gasteiger partial charge in [-0.15, -0.1) is 0 Å². The van der Waals surface area contributed by atoms with Crippen molar-refractivity contribution in [1.29, 1.82) is 0 Å². The molecule has 0 amide bonds. The molecule has 0 aromatic carbocycles. The summed E-state index contributed by atoms with van der Waals surface area (Å²) in [6.45, 7) is 2.13. The van der Waals surface area contributed by atoms with Crippen LogP contribution in [0.15, 0.2) is 0 Å². The Balaban J connectivity index is 1.67. The molecule has 2 fully saturated rings. The summed E-state index contributed by atoms with van der Waals surface area (Å²) in [5.74, 6) is 0.278. The van der Waals surface area contributed by atoms with Gasteiger partial charge in [0.1, 0.15) is 12.7 Å². The van der Waals surface area contributed by atoms with Crippen LogP contribution in [0.1, 0.15) is 39.0 Å². The van der Waals surface area contributed by atoms with Crippen LogP contribution in [0.3, 0.4) is 0 Å². The van der Waals surface area contributed by atoms with Crippen molar-refractivity contribution in [3.05, 3.63) is 0 Å². The molecule has 5 nitrogen and oxygen atoms in total. The van der Waals surface area contributed by atoms with E-state index in [1.807, 2.05) is 0 Å². The fourth-order valence-corrected chi connectivity index (χ4v) is 4.38. The quantitative estimate of drug-likeness (QED) is 0.730. The maximum atomic E-state index is 11.6. The lowest BCUT2D eigenvalue weighted by Gasteiger charge is -2.26. The van der Waals surface area contributed by atoms with E-state index >= 15 is 0 Å². The fourth-order valence-electron chi connectivity index (χ4n) is 2.79. The van der Waals surface area contributed by atoms with Gasteiger partial charge in [0, 0.05) is 0 Å². The minimum atomic E-state index is -3.00. The minimum absolute atomic E-state index is 0.0425. The van der Waals surface area contributed by atoms with Crippen molar-refractivity contribution in [3.63, 3.8) is 0 Å². The van der Waals surface area contributed by atoms with Gasteiger partial charge in [0.15, 0.2) is 9.84 Å². The van der Waals surface area contributed by atoms with Gasteiger partial charge in [0.05, 0.1) is 17.6 Å². The number of rotatable bonds is 4. The van der Waals surface area contributed by atoms with Gasteiger partial charge in [-0.3, -0.25) is 0 Å². The largest absolute Gasteiger partial charge is 0.460 e. The summed E-state index contributed by atoms with van der Waals surface area (Å²) < 4.78 is 33.2. The van der Waals surface area contributed by atoms with Crippen LogP contribution < -0.4 is 0 Å². The third-order valence-electron chi connectivity index (χ3n) is 3.81. The summed E-state index contributed by atoms with van der Waals surface area (Å²) in [6.07, 6.45) is 4.43. The molecule has 6 heteroatoms. The molecular weight excluding hydrogens is 268 g/mol. The van der Waals surface area contributed by atoms with E-state index < -0.39 is 21.9 Å². The molecule has 0 radical (unpaired) electrons. The summed E-state index contributed by atoms with van der Waals surface area (Å²) in [4.78, 5) is 11.6. The number of sulfone groups is 1. The highest BCUT2D eigenvalue weighted by Crippen LogP contribution is 2.25. The van der Waals surface area contributed by atoms with Gasteiger partial charge in [-0.1, -0.05) is 19.8 Å². The van der Waals surface area contributed by atoms with E-state index in [1.165, 1.54) is 6.42 Å². The number of hydrogen-bond acceptors (Lipinski definition) is 5. The fraction of sp³-hybridized carbons (Fsp3) is 0.923. The van der Waals surface area contributed by atoms with Crippen LogP contribution in [0, 0.1) is 5.92 Å². The highest BCUT2D eigenvalue weighted by molar-refractivity contribution is 7.91. The summed E-state index contributed by atoms with van der Waals surface area (Å²) in [7, 11) is -3.00. The van der Waals surface area contributed by atoms with Gasteiger partial charge in [0.25, 0.3) is 0 Å². The van der Waals surface area contributed by atoms with Crippen molar-refractivity contribution in [2.45, 2.75) is 51.2 Å². The topological polar surface area (TPSA) is 69.7 Å². The molecule has 1 saturated carbocycles. The Labute approximate surface area is 114 Å². The average Bonchev–Trinajstić information content (AvgIpc) is 2.66. The third-order valence-corrected chi connectivity index (χ3v) is 5.55. The Kier molecular flexibility index (Phi) is 4.84. The van der Waals surface area contributed by atoms with Gasteiger partial charge in [-0.05, 0) is 25.2 Å². The SMILES string of the molecule is C[C@@H]1CCC[C@@H](OCC(=O)O[C@@H]2CCS(=O)(=O)C2)C1. The monoisotopic (exact) mass is 290 g/mol. The van der Waals surface area contributed by atoms with E-state index in [4.69, 9.17) is 9.47 Å². The molecule has 1 heterocycles. The molecule has 3 atom stereocenters. The molecular formula is C13H22O5S. The van der Waals surface area contributed by atoms with Crippen LogP contribution in [0.5, 0.6) is 0 Å². The van der Waals surface area contributed by atoms with E-state index in [2.05, 4.69) is 6.92 Å². The van der Waals surface area contributed by atoms with E-state index in [9.17, 15) is 13.2 Å². The number of ether oxygens (including phenoxy) is 2. The van der Waals surface area contributed by atoms with Crippen molar-refractivity contribution in [3.8, 4) is 0 Å². The first-order valence-corrected chi connectivity index (χ1v) is 8.78. The number of hydrogen-bond donors (Lipinski definition) is 0. The average molecular weight is 290 g/mol. The third kappa shape index (κ3) is 4.76. The first kappa shape index (κ1) is 14.8. The normalized spacial score (nSPS) is 34.1. The van der Waals surface area contributed by atoms with Gasteiger partial charge < -0.3 is 9.47 Å². The smallest absolute Gasteiger partial charge is 0.332 e.